The number of hydrogen-bond acceptors (Lipinski definition) is 2. The quantitative estimate of drug-likeness (QED) is 0.738. The first-order valence-electron chi connectivity index (χ1n) is 6.14. The number of hydrogen-bond donors (Lipinski definition) is 1. The zero-order valence-electron chi connectivity index (χ0n) is 8.95. The average molecular weight is 198 g/mol. The van der Waals surface area contributed by atoms with Gasteiger partial charge in [-0.25, -0.2) is 0 Å². The van der Waals surface area contributed by atoms with Crippen LogP contribution in [0.1, 0.15) is 44.9 Å². The van der Waals surface area contributed by atoms with Crippen molar-refractivity contribution in [1.82, 2.24) is 0 Å². The highest BCUT2D eigenvalue weighted by Crippen LogP contribution is 2.36. The summed E-state index contributed by atoms with van der Waals surface area (Å²) in [5.74, 6) is 1.48. The van der Waals surface area contributed by atoms with E-state index in [2.05, 4.69) is 0 Å². The molecule has 2 atom stereocenters. The lowest BCUT2D eigenvalue weighted by molar-refractivity contribution is -0.0765. The van der Waals surface area contributed by atoms with Gasteiger partial charge in [-0.1, -0.05) is 32.1 Å². The molecule has 2 fully saturated rings. The molecule has 0 aromatic heterocycles. The highest BCUT2D eigenvalue weighted by molar-refractivity contribution is 4.82. The highest BCUT2D eigenvalue weighted by atomic mass is 16.5. The molecule has 1 N–H and O–H groups in total. The van der Waals surface area contributed by atoms with Crippen molar-refractivity contribution < 1.29 is 9.84 Å². The van der Waals surface area contributed by atoms with Crippen LogP contribution in [0.3, 0.4) is 0 Å². The topological polar surface area (TPSA) is 29.5 Å². The molecule has 2 heteroatoms. The van der Waals surface area contributed by atoms with Crippen LogP contribution in [0, 0.1) is 11.8 Å². The van der Waals surface area contributed by atoms with Crippen LogP contribution < -0.4 is 0 Å². The first-order valence-corrected chi connectivity index (χ1v) is 6.14. The van der Waals surface area contributed by atoms with Gasteiger partial charge in [-0.05, 0) is 24.7 Å². The fraction of sp³-hybridized carbons (Fsp3) is 1.00. The molecule has 1 saturated carbocycles. The van der Waals surface area contributed by atoms with Gasteiger partial charge < -0.3 is 9.84 Å². The van der Waals surface area contributed by atoms with Gasteiger partial charge in [0.15, 0.2) is 0 Å². The molecule has 0 bridgehead atoms. The van der Waals surface area contributed by atoms with Crippen molar-refractivity contribution in [3.05, 3.63) is 0 Å². The monoisotopic (exact) mass is 198 g/mol. The summed E-state index contributed by atoms with van der Waals surface area (Å²) in [6.45, 7) is 1.08. The van der Waals surface area contributed by atoms with Crippen molar-refractivity contribution >= 4 is 0 Å². The van der Waals surface area contributed by atoms with E-state index in [1.807, 2.05) is 0 Å². The smallest absolute Gasteiger partial charge is 0.0836 e. The molecule has 1 heterocycles. The summed E-state index contributed by atoms with van der Waals surface area (Å²) >= 11 is 0. The Labute approximate surface area is 86.6 Å². The summed E-state index contributed by atoms with van der Waals surface area (Å²) in [7, 11) is 0. The van der Waals surface area contributed by atoms with E-state index in [1.54, 1.807) is 0 Å². The molecule has 0 aromatic rings. The van der Waals surface area contributed by atoms with Crippen molar-refractivity contribution in [3.63, 3.8) is 0 Å². The molecular formula is C12H22O2. The Morgan fingerprint density at radius 2 is 1.79 bits per heavy atom. The Morgan fingerprint density at radius 3 is 2.50 bits per heavy atom. The molecule has 0 spiro atoms. The van der Waals surface area contributed by atoms with Crippen LogP contribution >= 0.6 is 0 Å². The lowest BCUT2D eigenvalue weighted by Crippen LogP contribution is -2.37. The second kappa shape index (κ2) is 5.13. The van der Waals surface area contributed by atoms with E-state index < -0.39 is 0 Å². The lowest BCUT2D eigenvalue weighted by atomic mass is 9.75. The Kier molecular flexibility index (Phi) is 3.82. The molecule has 2 aliphatic rings. The van der Waals surface area contributed by atoms with E-state index in [1.165, 1.54) is 44.9 Å². The van der Waals surface area contributed by atoms with E-state index in [-0.39, 0.29) is 12.7 Å². The number of ether oxygens (including phenoxy) is 1. The van der Waals surface area contributed by atoms with Gasteiger partial charge in [-0.3, -0.25) is 0 Å². The molecule has 0 aromatic carbocycles. The number of aliphatic hydroxyl groups is 1. The fourth-order valence-corrected chi connectivity index (χ4v) is 3.15. The zero-order chi connectivity index (χ0) is 9.80. The van der Waals surface area contributed by atoms with Crippen LogP contribution in [0.5, 0.6) is 0 Å². The third-order valence-corrected chi connectivity index (χ3v) is 3.93. The minimum Gasteiger partial charge on any atom is -0.394 e. The second-order valence-electron chi connectivity index (χ2n) is 4.80. The minimum absolute atomic E-state index is 0.145. The van der Waals surface area contributed by atoms with Crippen molar-refractivity contribution in [2.75, 3.05) is 13.2 Å². The molecule has 1 saturated heterocycles. The largest absolute Gasteiger partial charge is 0.394 e. The first kappa shape index (κ1) is 10.4. The summed E-state index contributed by atoms with van der Waals surface area (Å²) in [5, 5.41) is 9.27. The molecule has 1 aliphatic heterocycles. The Balaban J connectivity index is 1.91. The SMILES string of the molecule is OCC1OCCCC1C1CCCCC1. The van der Waals surface area contributed by atoms with Crippen LogP contribution in [0.2, 0.25) is 0 Å². The molecular weight excluding hydrogens is 176 g/mol. The van der Waals surface area contributed by atoms with Gasteiger partial charge in [0, 0.05) is 6.61 Å². The summed E-state index contributed by atoms with van der Waals surface area (Å²) < 4.78 is 5.64. The van der Waals surface area contributed by atoms with E-state index >= 15 is 0 Å². The van der Waals surface area contributed by atoms with E-state index in [0.717, 1.165) is 12.5 Å². The number of rotatable bonds is 2. The van der Waals surface area contributed by atoms with E-state index in [4.69, 9.17) is 4.74 Å². The standard InChI is InChI=1S/C12H22O2/c13-9-12-11(7-4-8-14-12)10-5-2-1-3-6-10/h10-13H,1-9H2. The van der Waals surface area contributed by atoms with E-state index in [9.17, 15) is 5.11 Å². The Hall–Kier alpha value is -0.0800. The minimum atomic E-state index is 0.145. The molecule has 0 amide bonds. The molecule has 14 heavy (non-hydrogen) atoms. The van der Waals surface area contributed by atoms with Crippen molar-refractivity contribution in [2.24, 2.45) is 11.8 Å². The van der Waals surface area contributed by atoms with Crippen molar-refractivity contribution in [3.8, 4) is 0 Å². The molecule has 0 radical (unpaired) electrons. The summed E-state index contributed by atoms with van der Waals surface area (Å²) in [5.41, 5.74) is 0. The van der Waals surface area contributed by atoms with Gasteiger partial charge >= 0.3 is 0 Å². The van der Waals surface area contributed by atoms with Crippen molar-refractivity contribution in [1.29, 1.82) is 0 Å². The zero-order valence-corrected chi connectivity index (χ0v) is 8.95. The Bertz CT molecular complexity index is 164. The van der Waals surface area contributed by atoms with Crippen LogP contribution in [0.4, 0.5) is 0 Å². The molecule has 2 nitrogen and oxygen atoms in total. The highest BCUT2D eigenvalue weighted by Gasteiger charge is 2.32. The maximum Gasteiger partial charge on any atom is 0.0836 e. The average Bonchev–Trinajstić information content (AvgIpc) is 2.30. The molecule has 2 rings (SSSR count). The molecule has 82 valence electrons. The normalized spacial score (nSPS) is 35.8. The third-order valence-electron chi connectivity index (χ3n) is 3.93. The van der Waals surface area contributed by atoms with Crippen molar-refractivity contribution in [2.45, 2.75) is 51.0 Å². The molecule has 1 aliphatic carbocycles. The predicted molar refractivity (Wildman–Crippen MR) is 56.1 cm³/mol. The van der Waals surface area contributed by atoms with Gasteiger partial charge in [0.05, 0.1) is 12.7 Å². The molecule has 2 unspecified atom stereocenters. The van der Waals surface area contributed by atoms with E-state index in [0.29, 0.717) is 5.92 Å². The van der Waals surface area contributed by atoms with Crippen LogP contribution in [-0.2, 0) is 4.74 Å². The van der Waals surface area contributed by atoms with Gasteiger partial charge in [-0.2, -0.15) is 0 Å². The summed E-state index contributed by atoms with van der Waals surface area (Å²) in [6.07, 6.45) is 9.53. The maximum atomic E-state index is 9.27. The predicted octanol–water partition coefficient (Wildman–Crippen LogP) is 2.35. The Morgan fingerprint density at radius 1 is 1.00 bits per heavy atom. The first-order chi connectivity index (χ1) is 6.92. The van der Waals surface area contributed by atoms with Gasteiger partial charge in [-0.15, -0.1) is 0 Å². The third kappa shape index (κ3) is 2.29. The van der Waals surface area contributed by atoms with Crippen LogP contribution in [-0.4, -0.2) is 24.4 Å². The van der Waals surface area contributed by atoms with Crippen LogP contribution in [0.25, 0.3) is 0 Å². The van der Waals surface area contributed by atoms with Gasteiger partial charge in [0.1, 0.15) is 0 Å². The maximum absolute atomic E-state index is 9.27. The van der Waals surface area contributed by atoms with Gasteiger partial charge in [0.25, 0.3) is 0 Å². The van der Waals surface area contributed by atoms with Crippen LogP contribution in [0.15, 0.2) is 0 Å². The summed E-state index contributed by atoms with van der Waals surface area (Å²) in [4.78, 5) is 0. The lowest BCUT2D eigenvalue weighted by Gasteiger charge is -2.38. The second-order valence-corrected chi connectivity index (χ2v) is 4.80. The summed E-state index contributed by atoms with van der Waals surface area (Å²) in [6, 6.07) is 0. The number of aliphatic hydroxyl groups excluding tert-OH is 1. The fourth-order valence-electron chi connectivity index (χ4n) is 3.15. The van der Waals surface area contributed by atoms with Gasteiger partial charge in [0.2, 0.25) is 0 Å².